The van der Waals surface area contributed by atoms with Crippen LogP contribution in [0.25, 0.3) is 0 Å². The number of carbonyl (C=O) groups excluding carboxylic acids is 1. The number of likely N-dealkylation sites (tertiary alicyclic amines) is 1. The van der Waals surface area contributed by atoms with E-state index in [9.17, 15) is 18.0 Å². The highest BCUT2D eigenvalue weighted by atomic mass is 19.3. The van der Waals surface area contributed by atoms with Crippen LogP contribution in [0.15, 0.2) is 22.7 Å². The summed E-state index contributed by atoms with van der Waals surface area (Å²) in [5.74, 6) is -0.0378. The maximum atomic E-state index is 14.6. The summed E-state index contributed by atoms with van der Waals surface area (Å²) in [5.41, 5.74) is 0.259. The van der Waals surface area contributed by atoms with Crippen LogP contribution in [0.1, 0.15) is 69.7 Å². The second kappa shape index (κ2) is 11.1. The van der Waals surface area contributed by atoms with Crippen LogP contribution in [0, 0.1) is 23.6 Å². The zero-order chi connectivity index (χ0) is 26.9. The number of benzene rings is 1. The number of piperidine rings is 2. The van der Waals surface area contributed by atoms with Crippen molar-refractivity contribution in [1.29, 1.82) is 0 Å². The van der Waals surface area contributed by atoms with Gasteiger partial charge < -0.3 is 19.1 Å². The van der Waals surface area contributed by atoms with Crippen molar-refractivity contribution in [3.8, 4) is 5.75 Å². The standard InChI is InChI=1S/C28H37F3N4O3/c1-18(2)26-32-27(38-33-26)35-10-5-19(6-11-35)23-15-20(23)7-14-37-22-4-3-21(24(29)17-22)16-25(36)34-12-8-28(30,31)9-13-34/h3-4,17-20,23H,5-16H2,1-2H3/t20-,23-/m1/s1. The molecule has 1 aliphatic carbocycles. The Bertz CT molecular complexity index is 1110. The molecule has 0 N–H and O–H groups in total. The molecule has 0 unspecified atom stereocenters. The van der Waals surface area contributed by atoms with Crippen LogP contribution >= 0.6 is 0 Å². The lowest BCUT2D eigenvalue weighted by Gasteiger charge is -2.31. The molecule has 0 bridgehead atoms. The molecule has 1 saturated carbocycles. The van der Waals surface area contributed by atoms with Gasteiger partial charge in [0, 0.05) is 51.0 Å². The molecule has 1 amide bonds. The molecule has 7 nitrogen and oxygen atoms in total. The normalized spacial score (nSPS) is 23.6. The number of halogens is 3. The lowest BCUT2D eigenvalue weighted by molar-refractivity contribution is -0.136. The van der Waals surface area contributed by atoms with E-state index in [4.69, 9.17) is 9.26 Å². The Kier molecular flexibility index (Phi) is 7.86. The zero-order valence-corrected chi connectivity index (χ0v) is 22.2. The summed E-state index contributed by atoms with van der Waals surface area (Å²) in [6, 6.07) is 5.18. The molecule has 5 rings (SSSR count). The Morgan fingerprint density at radius 2 is 1.92 bits per heavy atom. The van der Waals surface area contributed by atoms with Gasteiger partial charge in [0.2, 0.25) is 5.91 Å². The Morgan fingerprint density at radius 1 is 1.18 bits per heavy atom. The van der Waals surface area contributed by atoms with Gasteiger partial charge in [0.05, 0.1) is 13.0 Å². The first kappa shape index (κ1) is 26.8. The Morgan fingerprint density at radius 3 is 2.58 bits per heavy atom. The molecule has 2 atom stereocenters. The molecule has 38 heavy (non-hydrogen) atoms. The van der Waals surface area contributed by atoms with Gasteiger partial charge in [-0.1, -0.05) is 25.1 Å². The molecule has 0 radical (unpaired) electrons. The monoisotopic (exact) mass is 534 g/mol. The smallest absolute Gasteiger partial charge is 0.324 e. The third kappa shape index (κ3) is 6.43. The van der Waals surface area contributed by atoms with Crippen LogP contribution in [-0.4, -0.2) is 59.7 Å². The van der Waals surface area contributed by atoms with E-state index in [2.05, 4.69) is 28.9 Å². The van der Waals surface area contributed by atoms with Crippen LogP contribution in [0.2, 0.25) is 0 Å². The van der Waals surface area contributed by atoms with Crippen LogP contribution in [0.3, 0.4) is 0 Å². The van der Waals surface area contributed by atoms with E-state index >= 15 is 0 Å². The Hall–Kier alpha value is -2.78. The maximum Gasteiger partial charge on any atom is 0.324 e. The summed E-state index contributed by atoms with van der Waals surface area (Å²) in [4.78, 5) is 20.5. The van der Waals surface area contributed by atoms with Gasteiger partial charge in [-0.05, 0) is 55.1 Å². The molecule has 2 aliphatic heterocycles. The third-order valence-corrected chi connectivity index (χ3v) is 8.31. The minimum atomic E-state index is -2.72. The molecular formula is C28H37F3N4O3. The summed E-state index contributed by atoms with van der Waals surface area (Å²) in [6.45, 7) is 6.52. The number of aromatic nitrogens is 2. The van der Waals surface area contributed by atoms with Gasteiger partial charge in [-0.25, -0.2) is 13.2 Å². The number of alkyl halides is 2. The number of nitrogens with zero attached hydrogens (tertiary/aromatic N) is 4. The average molecular weight is 535 g/mol. The fourth-order valence-corrected chi connectivity index (χ4v) is 5.74. The largest absolute Gasteiger partial charge is 0.493 e. The lowest BCUT2D eigenvalue weighted by Crippen LogP contribution is -2.43. The molecule has 1 aromatic heterocycles. The van der Waals surface area contributed by atoms with Gasteiger partial charge in [0.25, 0.3) is 5.92 Å². The van der Waals surface area contributed by atoms with Crippen LogP contribution in [0.4, 0.5) is 19.2 Å². The van der Waals surface area contributed by atoms with E-state index in [1.807, 2.05) is 0 Å². The fraction of sp³-hybridized carbons (Fsp3) is 0.679. The second-order valence-corrected chi connectivity index (χ2v) is 11.4. The van der Waals surface area contributed by atoms with E-state index < -0.39 is 11.7 Å². The second-order valence-electron chi connectivity index (χ2n) is 11.4. The number of rotatable bonds is 9. The van der Waals surface area contributed by atoms with E-state index in [1.165, 1.54) is 17.4 Å². The average Bonchev–Trinajstić information content (AvgIpc) is 3.47. The topological polar surface area (TPSA) is 71.7 Å². The quantitative estimate of drug-likeness (QED) is 0.426. The van der Waals surface area contributed by atoms with Crippen LogP contribution in [-0.2, 0) is 11.2 Å². The number of ether oxygens (including phenoxy) is 1. The van der Waals surface area contributed by atoms with Crippen molar-refractivity contribution in [3.63, 3.8) is 0 Å². The highest BCUT2D eigenvalue weighted by Crippen LogP contribution is 2.50. The highest BCUT2D eigenvalue weighted by Gasteiger charge is 2.43. The van der Waals surface area contributed by atoms with Crippen molar-refractivity contribution in [2.45, 2.75) is 70.6 Å². The van der Waals surface area contributed by atoms with Gasteiger partial charge >= 0.3 is 6.01 Å². The number of amides is 1. The fourth-order valence-electron chi connectivity index (χ4n) is 5.74. The van der Waals surface area contributed by atoms with Gasteiger partial charge in [0.1, 0.15) is 11.6 Å². The van der Waals surface area contributed by atoms with Crippen molar-refractivity contribution in [2.24, 2.45) is 17.8 Å². The minimum absolute atomic E-state index is 0.00767. The van der Waals surface area contributed by atoms with Crippen molar-refractivity contribution in [3.05, 3.63) is 35.4 Å². The van der Waals surface area contributed by atoms with Crippen molar-refractivity contribution >= 4 is 11.9 Å². The van der Waals surface area contributed by atoms with Gasteiger partial charge in [-0.15, -0.1) is 0 Å². The third-order valence-electron chi connectivity index (χ3n) is 8.31. The summed E-state index contributed by atoms with van der Waals surface area (Å²) >= 11 is 0. The van der Waals surface area contributed by atoms with E-state index in [0.717, 1.165) is 44.1 Å². The molecule has 208 valence electrons. The molecule has 0 spiro atoms. The molecule has 1 aromatic carbocycles. The van der Waals surface area contributed by atoms with E-state index in [-0.39, 0.29) is 49.7 Å². The highest BCUT2D eigenvalue weighted by molar-refractivity contribution is 5.79. The summed E-state index contributed by atoms with van der Waals surface area (Å²) in [6.07, 6.45) is 3.57. The Labute approximate surface area is 221 Å². The van der Waals surface area contributed by atoms with Gasteiger partial charge in [-0.2, -0.15) is 4.98 Å². The number of hydrogen-bond acceptors (Lipinski definition) is 6. The zero-order valence-electron chi connectivity index (χ0n) is 22.2. The van der Waals surface area contributed by atoms with Crippen molar-refractivity contribution in [2.75, 3.05) is 37.7 Å². The lowest BCUT2D eigenvalue weighted by atomic mass is 9.90. The summed E-state index contributed by atoms with van der Waals surface area (Å²) in [5, 5.41) is 4.07. The van der Waals surface area contributed by atoms with E-state index in [0.29, 0.717) is 30.2 Å². The molecule has 2 saturated heterocycles. The molecular weight excluding hydrogens is 497 g/mol. The van der Waals surface area contributed by atoms with Gasteiger partial charge in [0.15, 0.2) is 5.82 Å². The first-order valence-electron chi connectivity index (χ1n) is 13.8. The first-order valence-corrected chi connectivity index (χ1v) is 13.8. The molecule has 3 heterocycles. The van der Waals surface area contributed by atoms with Crippen molar-refractivity contribution < 1.29 is 27.2 Å². The molecule has 3 aliphatic rings. The van der Waals surface area contributed by atoms with Crippen LogP contribution in [0.5, 0.6) is 5.75 Å². The molecule has 10 heteroatoms. The van der Waals surface area contributed by atoms with Gasteiger partial charge in [-0.3, -0.25) is 4.79 Å². The number of hydrogen-bond donors (Lipinski definition) is 0. The number of anilines is 1. The molecule has 3 fully saturated rings. The maximum absolute atomic E-state index is 14.6. The Balaban J connectivity index is 1.01. The predicted molar refractivity (Wildman–Crippen MR) is 136 cm³/mol. The number of carbonyl (C=O) groups is 1. The molecule has 2 aromatic rings. The first-order chi connectivity index (χ1) is 18.2. The van der Waals surface area contributed by atoms with Crippen molar-refractivity contribution in [1.82, 2.24) is 15.0 Å². The summed E-state index contributed by atoms with van der Waals surface area (Å²) < 4.78 is 52.5. The SMILES string of the molecule is CC(C)c1noc(N2CCC([C@H]3C[C@H]3CCOc3ccc(CC(=O)N4CCC(F)(F)CC4)c(F)c3)CC2)n1. The van der Waals surface area contributed by atoms with Crippen LogP contribution < -0.4 is 9.64 Å². The summed E-state index contributed by atoms with van der Waals surface area (Å²) in [7, 11) is 0. The van der Waals surface area contributed by atoms with E-state index in [1.54, 1.807) is 12.1 Å². The predicted octanol–water partition coefficient (Wildman–Crippen LogP) is 5.45. The minimum Gasteiger partial charge on any atom is -0.493 e.